The summed E-state index contributed by atoms with van der Waals surface area (Å²) in [5.41, 5.74) is 6.03. The fraction of sp³-hybridized carbons (Fsp3) is 0.286. The Morgan fingerprint density at radius 3 is 2.52 bits per heavy atom. The summed E-state index contributed by atoms with van der Waals surface area (Å²) in [5.74, 6) is 0.310. The van der Waals surface area contributed by atoms with Crippen LogP contribution < -0.4 is 19.9 Å². The number of benzene rings is 1. The molecular formula is C14H18N4O4S. The molecule has 0 radical (unpaired) electrons. The Balaban J connectivity index is 2.33. The standard InChI is InChI=1S/C14H18N4O4S/c1-3-8-22-14-12(21-2)13(16-9-17-14)18-23(19,20)11-6-4-10(15)5-7-11/h4-7,9H,3,8,15H2,1-2H3,(H,16,17,18). The molecule has 0 aliphatic carbocycles. The van der Waals surface area contributed by atoms with Crippen molar-refractivity contribution >= 4 is 21.5 Å². The van der Waals surface area contributed by atoms with E-state index in [4.69, 9.17) is 15.2 Å². The molecule has 1 heterocycles. The Morgan fingerprint density at radius 1 is 1.22 bits per heavy atom. The first kappa shape index (κ1) is 16.8. The maximum Gasteiger partial charge on any atom is 0.263 e. The van der Waals surface area contributed by atoms with Crippen LogP contribution in [0.5, 0.6) is 11.6 Å². The molecule has 124 valence electrons. The van der Waals surface area contributed by atoms with Crippen LogP contribution in [-0.2, 0) is 10.0 Å². The molecule has 0 saturated carbocycles. The van der Waals surface area contributed by atoms with Gasteiger partial charge in [-0.1, -0.05) is 6.92 Å². The molecule has 0 aliphatic rings. The number of hydrogen-bond acceptors (Lipinski definition) is 7. The first-order valence-corrected chi connectivity index (χ1v) is 8.36. The molecular weight excluding hydrogens is 320 g/mol. The molecule has 2 aromatic rings. The lowest BCUT2D eigenvalue weighted by Gasteiger charge is -2.13. The van der Waals surface area contributed by atoms with Gasteiger partial charge in [0.1, 0.15) is 6.33 Å². The summed E-state index contributed by atoms with van der Waals surface area (Å²) < 4.78 is 37.8. The largest absolute Gasteiger partial charge is 0.489 e. The van der Waals surface area contributed by atoms with Crippen molar-refractivity contribution in [3.05, 3.63) is 30.6 Å². The average molecular weight is 338 g/mol. The van der Waals surface area contributed by atoms with E-state index >= 15 is 0 Å². The van der Waals surface area contributed by atoms with Crippen molar-refractivity contribution < 1.29 is 17.9 Å². The number of hydrogen-bond donors (Lipinski definition) is 2. The number of rotatable bonds is 7. The van der Waals surface area contributed by atoms with E-state index in [2.05, 4.69) is 14.7 Å². The van der Waals surface area contributed by atoms with Gasteiger partial charge < -0.3 is 15.2 Å². The maximum atomic E-state index is 12.4. The molecule has 0 saturated heterocycles. The van der Waals surface area contributed by atoms with Crippen LogP contribution in [0.25, 0.3) is 0 Å². The minimum absolute atomic E-state index is 0.00503. The lowest BCUT2D eigenvalue weighted by atomic mass is 10.3. The van der Waals surface area contributed by atoms with Crippen molar-refractivity contribution in [2.24, 2.45) is 0 Å². The average Bonchev–Trinajstić information content (AvgIpc) is 2.53. The lowest BCUT2D eigenvalue weighted by Crippen LogP contribution is -2.15. The van der Waals surface area contributed by atoms with Crippen molar-refractivity contribution in [3.8, 4) is 11.6 Å². The van der Waals surface area contributed by atoms with E-state index in [1.165, 1.54) is 37.7 Å². The number of aromatic nitrogens is 2. The van der Waals surface area contributed by atoms with E-state index in [9.17, 15) is 8.42 Å². The first-order chi connectivity index (χ1) is 11.0. The van der Waals surface area contributed by atoms with Gasteiger partial charge >= 0.3 is 0 Å². The molecule has 0 aliphatic heterocycles. The number of nitrogens with zero attached hydrogens (tertiary/aromatic N) is 2. The number of sulfonamides is 1. The lowest BCUT2D eigenvalue weighted by molar-refractivity contribution is 0.282. The Hall–Kier alpha value is -2.55. The summed E-state index contributed by atoms with van der Waals surface area (Å²) in [5, 5.41) is 0. The molecule has 1 aromatic heterocycles. The molecule has 9 heteroatoms. The third-order valence-corrected chi connectivity index (χ3v) is 4.19. The van der Waals surface area contributed by atoms with Crippen LogP contribution in [0.15, 0.2) is 35.5 Å². The topological polar surface area (TPSA) is 116 Å². The SMILES string of the molecule is CCCOc1ncnc(NS(=O)(=O)c2ccc(N)cc2)c1OC. The van der Waals surface area contributed by atoms with Gasteiger partial charge in [0.15, 0.2) is 5.82 Å². The number of nitrogen functional groups attached to an aromatic ring is 1. The monoisotopic (exact) mass is 338 g/mol. The molecule has 23 heavy (non-hydrogen) atoms. The minimum Gasteiger partial charge on any atom is -0.489 e. The molecule has 8 nitrogen and oxygen atoms in total. The quantitative estimate of drug-likeness (QED) is 0.737. The molecule has 3 N–H and O–H groups in total. The fourth-order valence-corrected chi connectivity index (χ4v) is 2.76. The molecule has 0 spiro atoms. The van der Waals surface area contributed by atoms with Crippen molar-refractivity contribution in [3.63, 3.8) is 0 Å². The number of anilines is 2. The van der Waals surface area contributed by atoms with Gasteiger partial charge in [-0.15, -0.1) is 0 Å². The van der Waals surface area contributed by atoms with E-state index in [0.717, 1.165) is 6.42 Å². The van der Waals surface area contributed by atoms with E-state index in [1.807, 2.05) is 6.92 Å². The van der Waals surface area contributed by atoms with Crippen LogP contribution in [0.1, 0.15) is 13.3 Å². The number of nitrogens with two attached hydrogens (primary N) is 1. The first-order valence-electron chi connectivity index (χ1n) is 6.88. The molecule has 1 aromatic carbocycles. The molecule has 0 unspecified atom stereocenters. The second-order valence-corrected chi connectivity index (χ2v) is 6.27. The second kappa shape index (κ2) is 7.14. The normalized spacial score (nSPS) is 11.0. The van der Waals surface area contributed by atoms with Crippen LogP contribution in [0, 0.1) is 0 Å². The molecule has 0 bridgehead atoms. The molecule has 0 amide bonds. The minimum atomic E-state index is -3.83. The van der Waals surface area contributed by atoms with Gasteiger partial charge in [0, 0.05) is 5.69 Å². The van der Waals surface area contributed by atoms with Crippen molar-refractivity contribution in [2.75, 3.05) is 24.2 Å². The zero-order valence-electron chi connectivity index (χ0n) is 12.8. The predicted molar refractivity (Wildman–Crippen MR) is 86.0 cm³/mol. The highest BCUT2D eigenvalue weighted by Gasteiger charge is 2.20. The second-order valence-electron chi connectivity index (χ2n) is 4.58. The summed E-state index contributed by atoms with van der Waals surface area (Å²) in [6, 6.07) is 5.81. The van der Waals surface area contributed by atoms with Crippen LogP contribution in [0.3, 0.4) is 0 Å². The number of methoxy groups -OCH3 is 1. The van der Waals surface area contributed by atoms with Crippen molar-refractivity contribution in [1.82, 2.24) is 9.97 Å². The third kappa shape index (κ3) is 4.01. The fourth-order valence-electron chi connectivity index (χ4n) is 1.75. The van der Waals surface area contributed by atoms with E-state index < -0.39 is 10.0 Å². The van der Waals surface area contributed by atoms with Gasteiger partial charge in [0.25, 0.3) is 15.9 Å². The molecule has 0 fully saturated rings. The van der Waals surface area contributed by atoms with Crippen LogP contribution in [0.4, 0.5) is 11.5 Å². The number of nitrogens with one attached hydrogen (secondary N) is 1. The summed E-state index contributed by atoms with van der Waals surface area (Å²) in [6.07, 6.45) is 1.98. The highest BCUT2D eigenvalue weighted by molar-refractivity contribution is 7.92. The van der Waals surface area contributed by atoms with E-state index in [1.54, 1.807) is 0 Å². The van der Waals surface area contributed by atoms with E-state index in [0.29, 0.717) is 12.3 Å². The van der Waals surface area contributed by atoms with E-state index in [-0.39, 0.29) is 22.3 Å². The Bertz CT molecular complexity index is 763. The van der Waals surface area contributed by atoms with Crippen molar-refractivity contribution in [1.29, 1.82) is 0 Å². The van der Waals surface area contributed by atoms with Crippen LogP contribution in [0.2, 0.25) is 0 Å². The van der Waals surface area contributed by atoms with Gasteiger partial charge in [-0.2, -0.15) is 4.98 Å². The van der Waals surface area contributed by atoms with Gasteiger partial charge in [-0.05, 0) is 30.7 Å². The zero-order chi connectivity index (χ0) is 16.9. The van der Waals surface area contributed by atoms with Crippen molar-refractivity contribution in [2.45, 2.75) is 18.2 Å². The van der Waals surface area contributed by atoms with Gasteiger partial charge in [0.2, 0.25) is 5.75 Å². The summed E-state index contributed by atoms with van der Waals surface area (Å²) >= 11 is 0. The highest BCUT2D eigenvalue weighted by Crippen LogP contribution is 2.32. The number of ether oxygens (including phenoxy) is 2. The summed E-state index contributed by atoms with van der Waals surface area (Å²) in [6.45, 7) is 2.37. The van der Waals surface area contributed by atoms with Crippen LogP contribution >= 0.6 is 0 Å². The Labute approximate surface area is 134 Å². The smallest absolute Gasteiger partial charge is 0.263 e. The van der Waals surface area contributed by atoms with Gasteiger partial charge in [-0.3, -0.25) is 4.72 Å². The summed E-state index contributed by atoms with van der Waals surface area (Å²) in [4.78, 5) is 7.93. The van der Waals surface area contributed by atoms with Crippen LogP contribution in [-0.4, -0.2) is 32.1 Å². The molecule has 2 rings (SSSR count). The predicted octanol–water partition coefficient (Wildman–Crippen LogP) is 1.66. The summed E-state index contributed by atoms with van der Waals surface area (Å²) in [7, 11) is -2.44. The van der Waals surface area contributed by atoms with Gasteiger partial charge in [0.05, 0.1) is 18.6 Å². The zero-order valence-corrected chi connectivity index (χ0v) is 13.6. The maximum absolute atomic E-state index is 12.4. The molecule has 0 atom stereocenters. The Kier molecular flexibility index (Phi) is 5.22. The third-order valence-electron chi connectivity index (χ3n) is 2.84. The van der Waals surface area contributed by atoms with Gasteiger partial charge in [-0.25, -0.2) is 13.4 Å². The highest BCUT2D eigenvalue weighted by atomic mass is 32.2. The Morgan fingerprint density at radius 2 is 1.91 bits per heavy atom.